The third kappa shape index (κ3) is 4.43. The van der Waals surface area contributed by atoms with Crippen LogP contribution in [0.25, 0.3) is 0 Å². The summed E-state index contributed by atoms with van der Waals surface area (Å²) in [5, 5.41) is 12.1. The molecule has 17 heavy (non-hydrogen) atoms. The van der Waals surface area contributed by atoms with Crippen molar-refractivity contribution in [1.82, 2.24) is 10.2 Å². The van der Waals surface area contributed by atoms with Crippen LogP contribution in [0.4, 0.5) is 4.39 Å². The van der Waals surface area contributed by atoms with E-state index in [1.165, 1.54) is 6.07 Å². The zero-order chi connectivity index (χ0) is 12.8. The number of hydrogen-bond donors (Lipinski definition) is 1. The lowest BCUT2D eigenvalue weighted by Gasteiger charge is -2.15. The van der Waals surface area contributed by atoms with Crippen LogP contribution in [0, 0.1) is 17.1 Å². The van der Waals surface area contributed by atoms with Crippen molar-refractivity contribution in [3.8, 4) is 6.07 Å². The first-order valence-electron chi connectivity index (χ1n) is 5.27. The van der Waals surface area contributed by atoms with Gasteiger partial charge in [-0.2, -0.15) is 5.26 Å². The minimum absolute atomic E-state index is 0.364. The quantitative estimate of drug-likeness (QED) is 0.907. The Kier molecular flexibility index (Phi) is 5.56. The molecule has 0 aliphatic rings. The highest BCUT2D eigenvalue weighted by atomic mass is 79.9. The Bertz CT molecular complexity index is 415. The van der Waals surface area contributed by atoms with Gasteiger partial charge in [0.15, 0.2) is 0 Å². The van der Waals surface area contributed by atoms with Gasteiger partial charge in [-0.25, -0.2) is 4.39 Å². The number of rotatable bonds is 5. The highest BCUT2D eigenvalue weighted by Crippen LogP contribution is 2.21. The predicted molar refractivity (Wildman–Crippen MR) is 69.0 cm³/mol. The number of hydrogen-bond acceptors (Lipinski definition) is 3. The lowest BCUT2D eigenvalue weighted by Crippen LogP contribution is -2.29. The Balaban J connectivity index is 2.73. The summed E-state index contributed by atoms with van der Waals surface area (Å²) in [4.78, 5) is 2.00. The van der Waals surface area contributed by atoms with E-state index in [4.69, 9.17) is 5.26 Å². The molecule has 0 spiro atoms. The number of nitriles is 1. The second kappa shape index (κ2) is 6.70. The molecule has 0 saturated heterocycles. The Morgan fingerprint density at radius 1 is 1.53 bits per heavy atom. The fourth-order valence-electron chi connectivity index (χ4n) is 1.39. The molecular formula is C12H15BrFN3. The molecule has 0 aromatic heterocycles. The van der Waals surface area contributed by atoms with Gasteiger partial charge in [0.2, 0.25) is 0 Å². The number of benzene rings is 1. The molecule has 0 aliphatic heterocycles. The van der Waals surface area contributed by atoms with E-state index < -0.39 is 6.04 Å². The standard InChI is InChI=1S/C12H15BrFN3/c1-17(2)6-5-16-12(8-15)10-7-9(13)3-4-11(10)14/h3-4,7,12,16H,5-6H2,1-2H3. The summed E-state index contributed by atoms with van der Waals surface area (Å²) >= 11 is 3.27. The zero-order valence-electron chi connectivity index (χ0n) is 9.87. The van der Waals surface area contributed by atoms with E-state index in [2.05, 4.69) is 27.3 Å². The molecule has 3 nitrogen and oxygen atoms in total. The molecule has 1 aromatic carbocycles. The summed E-state index contributed by atoms with van der Waals surface area (Å²) < 4.78 is 14.3. The first-order chi connectivity index (χ1) is 8.04. The molecule has 1 rings (SSSR count). The van der Waals surface area contributed by atoms with Crippen molar-refractivity contribution in [2.24, 2.45) is 0 Å². The summed E-state index contributed by atoms with van der Waals surface area (Å²) in [6.07, 6.45) is 0. The number of likely N-dealkylation sites (N-methyl/N-ethyl adjacent to an activating group) is 1. The minimum Gasteiger partial charge on any atom is -0.308 e. The molecule has 1 atom stereocenters. The van der Waals surface area contributed by atoms with Crippen LogP contribution in [0.15, 0.2) is 22.7 Å². The van der Waals surface area contributed by atoms with Crippen LogP contribution in [-0.2, 0) is 0 Å². The van der Waals surface area contributed by atoms with Crippen LogP contribution in [0.1, 0.15) is 11.6 Å². The lowest BCUT2D eigenvalue weighted by atomic mass is 10.1. The highest BCUT2D eigenvalue weighted by Gasteiger charge is 2.14. The van der Waals surface area contributed by atoms with Crippen LogP contribution < -0.4 is 5.32 Å². The molecule has 0 saturated carbocycles. The Morgan fingerprint density at radius 2 is 2.24 bits per heavy atom. The summed E-state index contributed by atoms with van der Waals surface area (Å²) in [7, 11) is 3.89. The van der Waals surface area contributed by atoms with Gasteiger partial charge in [0.25, 0.3) is 0 Å². The fourth-order valence-corrected chi connectivity index (χ4v) is 1.77. The van der Waals surface area contributed by atoms with Crippen molar-refractivity contribution in [2.45, 2.75) is 6.04 Å². The fraction of sp³-hybridized carbons (Fsp3) is 0.417. The maximum absolute atomic E-state index is 13.6. The van der Waals surface area contributed by atoms with Crippen LogP contribution in [0.5, 0.6) is 0 Å². The second-order valence-electron chi connectivity index (χ2n) is 3.99. The van der Waals surface area contributed by atoms with Gasteiger partial charge in [-0.15, -0.1) is 0 Å². The van der Waals surface area contributed by atoms with E-state index in [1.54, 1.807) is 12.1 Å². The predicted octanol–water partition coefficient (Wildman–Crippen LogP) is 2.30. The average molecular weight is 300 g/mol. The van der Waals surface area contributed by atoms with E-state index in [1.807, 2.05) is 19.0 Å². The van der Waals surface area contributed by atoms with E-state index in [0.717, 1.165) is 11.0 Å². The second-order valence-corrected chi connectivity index (χ2v) is 4.90. The van der Waals surface area contributed by atoms with Crippen LogP contribution in [0.2, 0.25) is 0 Å². The third-order valence-electron chi connectivity index (χ3n) is 2.31. The molecule has 92 valence electrons. The molecule has 0 heterocycles. The monoisotopic (exact) mass is 299 g/mol. The summed E-state index contributed by atoms with van der Waals surface area (Å²) in [5.74, 6) is -0.364. The van der Waals surface area contributed by atoms with E-state index in [9.17, 15) is 4.39 Å². The molecular weight excluding hydrogens is 285 g/mol. The number of halogens is 2. The summed E-state index contributed by atoms with van der Waals surface area (Å²) in [6.45, 7) is 1.44. The zero-order valence-corrected chi connectivity index (χ0v) is 11.5. The summed E-state index contributed by atoms with van der Waals surface area (Å²) in [5.41, 5.74) is 0.376. The molecule has 0 radical (unpaired) electrons. The topological polar surface area (TPSA) is 39.1 Å². The normalized spacial score (nSPS) is 12.5. The largest absolute Gasteiger partial charge is 0.308 e. The van der Waals surface area contributed by atoms with Crippen molar-refractivity contribution in [2.75, 3.05) is 27.2 Å². The Labute approximate surface area is 109 Å². The van der Waals surface area contributed by atoms with Gasteiger partial charge in [-0.05, 0) is 32.3 Å². The van der Waals surface area contributed by atoms with Gasteiger partial charge in [-0.1, -0.05) is 15.9 Å². The minimum atomic E-state index is -0.618. The molecule has 1 unspecified atom stereocenters. The Morgan fingerprint density at radius 3 is 2.82 bits per heavy atom. The maximum Gasteiger partial charge on any atom is 0.129 e. The van der Waals surface area contributed by atoms with E-state index in [-0.39, 0.29) is 5.82 Å². The molecule has 5 heteroatoms. The number of nitrogens with zero attached hydrogens (tertiary/aromatic N) is 2. The lowest BCUT2D eigenvalue weighted by molar-refractivity contribution is 0.393. The molecule has 1 N–H and O–H groups in total. The summed E-state index contributed by atoms with van der Waals surface area (Å²) in [6, 6.07) is 6.06. The first-order valence-corrected chi connectivity index (χ1v) is 6.06. The first kappa shape index (κ1) is 14.1. The maximum atomic E-state index is 13.6. The van der Waals surface area contributed by atoms with Gasteiger partial charge in [-0.3, -0.25) is 5.32 Å². The average Bonchev–Trinajstić information content (AvgIpc) is 2.28. The van der Waals surface area contributed by atoms with Crippen molar-refractivity contribution in [3.05, 3.63) is 34.1 Å². The van der Waals surface area contributed by atoms with E-state index >= 15 is 0 Å². The Hall–Kier alpha value is -0.960. The van der Waals surface area contributed by atoms with Gasteiger partial charge in [0.05, 0.1) is 6.07 Å². The van der Waals surface area contributed by atoms with Crippen molar-refractivity contribution >= 4 is 15.9 Å². The smallest absolute Gasteiger partial charge is 0.129 e. The SMILES string of the molecule is CN(C)CCNC(C#N)c1cc(Br)ccc1F. The molecule has 0 fully saturated rings. The van der Waals surface area contributed by atoms with Gasteiger partial charge >= 0.3 is 0 Å². The third-order valence-corrected chi connectivity index (χ3v) is 2.80. The van der Waals surface area contributed by atoms with Crippen molar-refractivity contribution in [3.63, 3.8) is 0 Å². The van der Waals surface area contributed by atoms with Crippen LogP contribution >= 0.6 is 15.9 Å². The van der Waals surface area contributed by atoms with Crippen LogP contribution in [-0.4, -0.2) is 32.1 Å². The van der Waals surface area contributed by atoms with Crippen molar-refractivity contribution in [1.29, 1.82) is 5.26 Å². The number of nitrogens with one attached hydrogen (secondary N) is 1. The van der Waals surface area contributed by atoms with Crippen molar-refractivity contribution < 1.29 is 4.39 Å². The molecule has 0 bridgehead atoms. The van der Waals surface area contributed by atoms with Gasteiger partial charge in [0.1, 0.15) is 11.9 Å². The van der Waals surface area contributed by atoms with Gasteiger partial charge in [0, 0.05) is 23.1 Å². The molecule has 0 aliphatic carbocycles. The molecule has 0 amide bonds. The van der Waals surface area contributed by atoms with Gasteiger partial charge < -0.3 is 4.90 Å². The van der Waals surface area contributed by atoms with E-state index in [0.29, 0.717) is 12.1 Å². The van der Waals surface area contributed by atoms with Crippen LogP contribution in [0.3, 0.4) is 0 Å². The highest BCUT2D eigenvalue weighted by molar-refractivity contribution is 9.10. The molecule has 1 aromatic rings.